The van der Waals surface area contributed by atoms with Crippen molar-refractivity contribution in [3.05, 3.63) is 53.9 Å². The molecular formula is C22H22F2N8. The molecule has 0 bridgehead atoms. The first-order valence-corrected chi connectivity index (χ1v) is 10.7. The van der Waals surface area contributed by atoms with Gasteiger partial charge in [-0.05, 0) is 56.9 Å². The largest absolute Gasteiger partial charge is 0.382 e. The molecule has 4 aromatic rings. The average molecular weight is 436 g/mol. The smallest absolute Gasteiger partial charge is 0.169 e. The summed E-state index contributed by atoms with van der Waals surface area (Å²) in [7, 11) is 0. The number of aromatic nitrogens is 6. The van der Waals surface area contributed by atoms with E-state index >= 15 is 0 Å². The summed E-state index contributed by atoms with van der Waals surface area (Å²) in [5, 5.41) is 12.8. The first kappa shape index (κ1) is 19.1. The minimum Gasteiger partial charge on any atom is -0.382 e. The van der Waals surface area contributed by atoms with Crippen LogP contribution < -0.4 is 10.6 Å². The van der Waals surface area contributed by atoms with Crippen LogP contribution in [-0.2, 0) is 5.54 Å². The van der Waals surface area contributed by atoms with Crippen molar-refractivity contribution < 1.29 is 8.78 Å². The molecule has 2 atom stereocenters. The number of nitrogens with two attached hydrogens (primary N) is 1. The van der Waals surface area contributed by atoms with Crippen LogP contribution in [0.4, 0.5) is 20.4 Å². The van der Waals surface area contributed by atoms with Crippen LogP contribution >= 0.6 is 0 Å². The van der Waals surface area contributed by atoms with Crippen LogP contribution in [0.1, 0.15) is 38.3 Å². The van der Waals surface area contributed by atoms with E-state index in [-0.39, 0.29) is 17.8 Å². The van der Waals surface area contributed by atoms with E-state index in [4.69, 9.17) is 10.7 Å². The predicted octanol–water partition coefficient (Wildman–Crippen LogP) is 3.55. The Bertz CT molecular complexity index is 1360. The van der Waals surface area contributed by atoms with Crippen LogP contribution in [-0.4, -0.2) is 36.1 Å². The molecule has 8 nitrogen and oxygen atoms in total. The predicted molar refractivity (Wildman–Crippen MR) is 115 cm³/mol. The van der Waals surface area contributed by atoms with Crippen LogP contribution in [0.25, 0.3) is 16.9 Å². The first-order chi connectivity index (χ1) is 15.4. The lowest BCUT2D eigenvalue weighted by molar-refractivity contribution is 0.514. The summed E-state index contributed by atoms with van der Waals surface area (Å²) in [5.41, 5.74) is 7.79. The molecule has 1 saturated heterocycles. The molecule has 1 aliphatic heterocycles. The standard InChI is InChI=1S/C22H22F2N8/c1-12(2)32-11-17(27-29-32)19-20(25)28-31-8-6-18(26-21(19)31)30-7-5-13-10-22(13,30)15-9-14(23)3-4-16(15)24/h3-4,6,8-9,11-13H,5,7,10H2,1-2H3,(H2,25,28)/t13-,22+/m0/s1. The van der Waals surface area contributed by atoms with E-state index < -0.39 is 11.4 Å². The molecule has 3 aromatic heterocycles. The number of hydrogen-bond acceptors (Lipinski definition) is 6. The lowest BCUT2D eigenvalue weighted by atomic mass is 10.0. The molecule has 0 unspecified atom stereocenters. The summed E-state index contributed by atoms with van der Waals surface area (Å²) in [6.45, 7) is 4.74. The Morgan fingerprint density at radius 2 is 2.06 bits per heavy atom. The summed E-state index contributed by atoms with van der Waals surface area (Å²) >= 11 is 0. The van der Waals surface area contributed by atoms with Gasteiger partial charge < -0.3 is 10.6 Å². The maximum atomic E-state index is 14.7. The van der Waals surface area contributed by atoms with Gasteiger partial charge in [0.15, 0.2) is 11.5 Å². The highest BCUT2D eigenvalue weighted by atomic mass is 19.1. The van der Waals surface area contributed by atoms with E-state index in [1.807, 2.05) is 26.1 Å². The highest BCUT2D eigenvalue weighted by molar-refractivity contribution is 5.84. The van der Waals surface area contributed by atoms with Crippen LogP contribution in [0.2, 0.25) is 0 Å². The zero-order chi connectivity index (χ0) is 22.2. The quantitative estimate of drug-likeness (QED) is 0.526. The topological polar surface area (TPSA) is 90.2 Å². The molecule has 2 N–H and O–H groups in total. The molecule has 1 saturated carbocycles. The van der Waals surface area contributed by atoms with Crippen LogP contribution in [0.3, 0.4) is 0 Å². The van der Waals surface area contributed by atoms with E-state index in [1.165, 1.54) is 12.1 Å². The van der Waals surface area contributed by atoms with Gasteiger partial charge in [-0.1, -0.05) is 5.21 Å². The Labute approximate surface area is 182 Å². The van der Waals surface area contributed by atoms with Gasteiger partial charge in [-0.15, -0.1) is 10.2 Å². The SMILES string of the molecule is CC(C)n1cc(-c2c(N)nn3ccc(N4CC[C@H]5C[C@]54c4cc(F)ccc4F)nc23)nn1. The fraction of sp³-hybridized carbons (Fsp3) is 0.364. The average Bonchev–Trinajstić information content (AvgIpc) is 3.09. The third-order valence-electron chi connectivity index (χ3n) is 6.72. The summed E-state index contributed by atoms with van der Waals surface area (Å²) < 4.78 is 32.1. The summed E-state index contributed by atoms with van der Waals surface area (Å²) in [5.74, 6) is 0.440. The zero-order valence-electron chi connectivity index (χ0n) is 17.7. The molecule has 1 aromatic carbocycles. The minimum atomic E-state index is -0.565. The second-order valence-electron chi connectivity index (χ2n) is 8.88. The Morgan fingerprint density at radius 3 is 2.81 bits per heavy atom. The molecule has 6 rings (SSSR count). The Balaban J connectivity index is 1.47. The number of piperidine rings is 1. The van der Waals surface area contributed by atoms with Gasteiger partial charge in [-0.3, -0.25) is 0 Å². The molecule has 2 aliphatic rings. The van der Waals surface area contributed by atoms with Crippen LogP contribution in [0, 0.1) is 17.6 Å². The fourth-order valence-corrected chi connectivity index (χ4v) is 5.07. The third-order valence-corrected chi connectivity index (χ3v) is 6.72. The second kappa shape index (κ2) is 6.47. The van der Waals surface area contributed by atoms with Crippen molar-refractivity contribution >= 4 is 17.3 Å². The van der Waals surface area contributed by atoms with E-state index in [9.17, 15) is 8.78 Å². The third kappa shape index (κ3) is 2.58. The summed E-state index contributed by atoms with van der Waals surface area (Å²) in [4.78, 5) is 6.95. The number of halogens is 2. The minimum absolute atomic E-state index is 0.153. The number of fused-ring (bicyclic) bond motifs is 2. The van der Waals surface area contributed by atoms with Crippen molar-refractivity contribution in [1.82, 2.24) is 29.6 Å². The Kier molecular flexibility index (Phi) is 3.87. The number of benzene rings is 1. The van der Waals surface area contributed by atoms with Gasteiger partial charge in [-0.25, -0.2) is 23.0 Å². The van der Waals surface area contributed by atoms with Gasteiger partial charge in [0.25, 0.3) is 0 Å². The number of nitrogen functional groups attached to an aromatic ring is 1. The molecule has 4 heterocycles. The highest BCUT2D eigenvalue weighted by Gasteiger charge is 2.64. The van der Waals surface area contributed by atoms with Crippen molar-refractivity contribution in [3.8, 4) is 11.3 Å². The van der Waals surface area contributed by atoms with Crippen LogP contribution in [0.15, 0.2) is 36.7 Å². The van der Waals surface area contributed by atoms with Crippen molar-refractivity contribution in [3.63, 3.8) is 0 Å². The van der Waals surface area contributed by atoms with Crippen LogP contribution in [0.5, 0.6) is 0 Å². The molecule has 0 spiro atoms. The molecule has 2 fully saturated rings. The van der Waals surface area contributed by atoms with Gasteiger partial charge >= 0.3 is 0 Å². The number of nitrogens with zero attached hydrogens (tertiary/aromatic N) is 7. The molecule has 10 heteroatoms. The van der Waals surface area contributed by atoms with Crippen molar-refractivity contribution in [2.24, 2.45) is 5.92 Å². The lowest BCUT2D eigenvalue weighted by Gasteiger charge is -2.30. The zero-order valence-corrected chi connectivity index (χ0v) is 17.7. The van der Waals surface area contributed by atoms with E-state index in [2.05, 4.69) is 20.3 Å². The van der Waals surface area contributed by atoms with E-state index in [0.717, 1.165) is 18.9 Å². The first-order valence-electron chi connectivity index (χ1n) is 10.7. The Hall–Kier alpha value is -3.56. The lowest BCUT2D eigenvalue weighted by Crippen LogP contribution is -2.34. The highest BCUT2D eigenvalue weighted by Crippen LogP contribution is 2.63. The van der Waals surface area contributed by atoms with Gasteiger partial charge in [0.05, 0.1) is 17.3 Å². The number of hydrogen-bond donors (Lipinski definition) is 1. The van der Waals surface area contributed by atoms with Gasteiger partial charge in [0.1, 0.15) is 23.1 Å². The fourth-order valence-electron chi connectivity index (χ4n) is 5.07. The molecule has 0 amide bonds. The van der Waals surface area contributed by atoms with E-state index in [1.54, 1.807) is 15.4 Å². The van der Waals surface area contributed by atoms with Gasteiger partial charge in [0.2, 0.25) is 0 Å². The summed E-state index contributed by atoms with van der Waals surface area (Å²) in [6, 6.07) is 5.67. The van der Waals surface area contributed by atoms with Gasteiger partial charge in [0, 0.05) is 24.3 Å². The number of rotatable bonds is 4. The molecule has 32 heavy (non-hydrogen) atoms. The van der Waals surface area contributed by atoms with Crippen molar-refractivity contribution in [2.45, 2.75) is 38.3 Å². The Morgan fingerprint density at radius 1 is 1.22 bits per heavy atom. The molecule has 0 radical (unpaired) electrons. The monoisotopic (exact) mass is 436 g/mol. The molecule has 164 valence electrons. The van der Waals surface area contributed by atoms with Crippen molar-refractivity contribution in [1.29, 1.82) is 0 Å². The second-order valence-corrected chi connectivity index (χ2v) is 8.88. The molecular weight excluding hydrogens is 414 g/mol. The van der Waals surface area contributed by atoms with Crippen molar-refractivity contribution in [2.75, 3.05) is 17.2 Å². The maximum absolute atomic E-state index is 14.7. The maximum Gasteiger partial charge on any atom is 0.169 e. The van der Waals surface area contributed by atoms with Gasteiger partial charge in [-0.2, -0.15) is 0 Å². The normalized spacial score (nSPS) is 22.2. The molecule has 1 aliphatic carbocycles. The number of anilines is 2. The summed E-state index contributed by atoms with van der Waals surface area (Å²) in [6.07, 6.45) is 5.29. The van der Waals surface area contributed by atoms with E-state index in [0.29, 0.717) is 40.6 Å².